The molecule has 292 valence electrons. The topological polar surface area (TPSA) is 297 Å². The second-order valence-electron chi connectivity index (χ2n) is 13.2. The largest absolute Gasteiger partial charge is 0.480 e. The fourth-order valence-corrected chi connectivity index (χ4v) is 4.93. The van der Waals surface area contributed by atoms with Gasteiger partial charge in [-0.05, 0) is 36.5 Å². The van der Waals surface area contributed by atoms with Crippen LogP contribution in [0.25, 0.3) is 0 Å². The lowest BCUT2D eigenvalue weighted by atomic mass is 9.98. The van der Waals surface area contributed by atoms with Crippen molar-refractivity contribution in [1.82, 2.24) is 21.3 Å². The van der Waals surface area contributed by atoms with E-state index in [9.17, 15) is 44.1 Å². The van der Waals surface area contributed by atoms with Gasteiger partial charge in [-0.2, -0.15) is 0 Å². The number of nitrogens with one attached hydrogen (secondary N) is 5. The Morgan fingerprint density at radius 3 is 2.17 bits per heavy atom. The number of ether oxygens (including phenoxy) is 3. The molecule has 0 unspecified atom stereocenters. The summed E-state index contributed by atoms with van der Waals surface area (Å²) in [6.45, 7) is 9.75. The number of esters is 1. The number of hydrogen-bond acceptors (Lipinski definition) is 13. The highest BCUT2D eigenvalue weighted by molar-refractivity contribution is 5.99. The van der Waals surface area contributed by atoms with E-state index in [1.807, 2.05) is 33.0 Å². The predicted molar refractivity (Wildman–Crippen MR) is 183 cm³/mol. The number of aliphatic carboxylic acids is 1. The number of urea groups is 1. The SMILES string of the molecule is CC(C)N[C@@H](C(=O)N[C@H](CCCNC(N)=O)C(=O)Nc1ccc(COC(=O)C(C)C)cc1O[C@H]1O[C@@H](C(=O)NCC(=O)O)[C@H](O)[C@@H](O)[C@@H]1O)C(C)C. The minimum Gasteiger partial charge on any atom is -0.480 e. The van der Waals surface area contributed by atoms with Crippen LogP contribution in [-0.4, -0.2) is 118 Å². The molecule has 0 aromatic heterocycles. The molecule has 1 fully saturated rings. The van der Waals surface area contributed by atoms with Gasteiger partial charge in [-0.1, -0.05) is 47.6 Å². The first-order valence-corrected chi connectivity index (χ1v) is 16.9. The summed E-state index contributed by atoms with van der Waals surface area (Å²) in [6.07, 6.45) is -9.35. The number of carboxylic acids is 1. The van der Waals surface area contributed by atoms with Crippen LogP contribution in [0.5, 0.6) is 5.75 Å². The van der Waals surface area contributed by atoms with Crippen LogP contribution in [0.3, 0.4) is 0 Å². The van der Waals surface area contributed by atoms with Gasteiger partial charge >= 0.3 is 18.0 Å². The predicted octanol–water partition coefficient (Wildman–Crippen LogP) is -1.33. The van der Waals surface area contributed by atoms with E-state index < -0.39 is 90.9 Å². The zero-order valence-corrected chi connectivity index (χ0v) is 30.1. The lowest BCUT2D eigenvalue weighted by Crippen LogP contribution is -2.63. The molecule has 5 amide bonds. The van der Waals surface area contributed by atoms with Gasteiger partial charge in [0.15, 0.2) is 6.10 Å². The summed E-state index contributed by atoms with van der Waals surface area (Å²) >= 11 is 0. The van der Waals surface area contributed by atoms with Crippen LogP contribution in [-0.2, 0) is 40.1 Å². The second kappa shape index (κ2) is 20.5. The van der Waals surface area contributed by atoms with Crippen LogP contribution in [0.2, 0.25) is 0 Å². The maximum absolute atomic E-state index is 13.8. The lowest BCUT2D eigenvalue weighted by Gasteiger charge is -2.39. The number of nitrogens with two attached hydrogens (primary N) is 1. The van der Waals surface area contributed by atoms with Crippen LogP contribution in [0.15, 0.2) is 18.2 Å². The van der Waals surface area contributed by atoms with Crippen molar-refractivity contribution < 1.29 is 63.4 Å². The second-order valence-corrected chi connectivity index (χ2v) is 13.2. The first-order valence-electron chi connectivity index (χ1n) is 16.9. The van der Waals surface area contributed by atoms with E-state index in [0.717, 1.165) is 0 Å². The monoisotopic (exact) mass is 740 g/mol. The van der Waals surface area contributed by atoms with Crippen molar-refractivity contribution in [1.29, 1.82) is 0 Å². The summed E-state index contributed by atoms with van der Waals surface area (Å²) in [5.41, 5.74) is 5.47. The molecule has 19 nitrogen and oxygen atoms in total. The molecule has 1 aliphatic heterocycles. The van der Waals surface area contributed by atoms with Crippen molar-refractivity contribution in [3.63, 3.8) is 0 Å². The number of aliphatic hydroxyl groups is 3. The van der Waals surface area contributed by atoms with Crippen molar-refractivity contribution in [3.8, 4) is 5.75 Å². The molecular weight excluding hydrogens is 688 g/mol. The molecule has 2 rings (SSSR count). The highest BCUT2D eigenvalue weighted by atomic mass is 16.7. The third-order valence-electron chi connectivity index (χ3n) is 7.71. The van der Waals surface area contributed by atoms with Gasteiger partial charge in [-0.15, -0.1) is 0 Å². The van der Waals surface area contributed by atoms with E-state index >= 15 is 0 Å². The summed E-state index contributed by atoms with van der Waals surface area (Å²) in [5, 5.41) is 53.6. The van der Waals surface area contributed by atoms with Gasteiger partial charge in [-0.3, -0.25) is 24.0 Å². The molecule has 1 aromatic rings. The molecule has 7 atom stereocenters. The van der Waals surface area contributed by atoms with Gasteiger partial charge in [-0.25, -0.2) is 4.79 Å². The Morgan fingerprint density at radius 1 is 0.923 bits per heavy atom. The minimum atomic E-state index is -1.99. The number of anilines is 1. The van der Waals surface area contributed by atoms with Gasteiger partial charge in [0.25, 0.3) is 5.91 Å². The van der Waals surface area contributed by atoms with Crippen LogP contribution < -0.4 is 37.1 Å². The third kappa shape index (κ3) is 13.5. The molecule has 0 bridgehead atoms. The minimum absolute atomic E-state index is 0.0394. The molecule has 0 aliphatic carbocycles. The number of carbonyl (C=O) groups excluding carboxylic acids is 5. The summed E-state index contributed by atoms with van der Waals surface area (Å²) in [6, 6.07) is 1.60. The van der Waals surface area contributed by atoms with Gasteiger partial charge in [0.1, 0.15) is 43.3 Å². The highest BCUT2D eigenvalue weighted by Gasteiger charge is 2.48. The van der Waals surface area contributed by atoms with Crippen molar-refractivity contribution in [2.75, 3.05) is 18.4 Å². The third-order valence-corrected chi connectivity index (χ3v) is 7.71. The number of amides is 5. The Balaban J connectivity index is 2.46. The maximum atomic E-state index is 13.8. The Morgan fingerprint density at radius 2 is 1.60 bits per heavy atom. The molecule has 0 saturated carbocycles. The van der Waals surface area contributed by atoms with E-state index in [1.165, 1.54) is 18.2 Å². The molecule has 52 heavy (non-hydrogen) atoms. The normalized spacial score (nSPS) is 21.2. The zero-order chi connectivity index (χ0) is 39.3. The summed E-state index contributed by atoms with van der Waals surface area (Å²) in [5.74, 6) is -4.97. The molecular formula is C33H52N6O13. The van der Waals surface area contributed by atoms with Gasteiger partial charge in [0, 0.05) is 12.6 Å². The molecule has 11 N–H and O–H groups in total. The van der Waals surface area contributed by atoms with Crippen molar-refractivity contribution in [3.05, 3.63) is 23.8 Å². The highest BCUT2D eigenvalue weighted by Crippen LogP contribution is 2.31. The van der Waals surface area contributed by atoms with E-state index in [0.29, 0.717) is 5.56 Å². The smallest absolute Gasteiger partial charge is 0.322 e. The number of carbonyl (C=O) groups is 6. The van der Waals surface area contributed by atoms with Crippen LogP contribution in [0.1, 0.15) is 59.9 Å². The first-order chi connectivity index (χ1) is 24.3. The molecule has 1 saturated heterocycles. The average Bonchev–Trinajstić information content (AvgIpc) is 3.06. The molecule has 0 spiro atoms. The molecule has 0 radical (unpaired) electrons. The number of aliphatic hydroxyl groups excluding tert-OH is 3. The summed E-state index contributed by atoms with van der Waals surface area (Å²) < 4.78 is 16.6. The number of primary amides is 1. The Labute approximate surface area is 301 Å². The van der Waals surface area contributed by atoms with E-state index in [-0.39, 0.29) is 49.4 Å². The Bertz CT molecular complexity index is 1410. The summed E-state index contributed by atoms with van der Waals surface area (Å²) in [7, 11) is 0. The van der Waals surface area contributed by atoms with Gasteiger partial charge in [0.2, 0.25) is 18.1 Å². The van der Waals surface area contributed by atoms with Gasteiger partial charge in [0.05, 0.1) is 17.6 Å². The summed E-state index contributed by atoms with van der Waals surface area (Å²) in [4.78, 5) is 74.1. The number of benzene rings is 1. The number of hydrogen-bond donors (Lipinski definition) is 10. The lowest BCUT2D eigenvalue weighted by molar-refractivity contribution is -0.266. The standard InChI is InChI=1S/C33H52N6O13/c1-15(2)23(37-17(5)6)29(46)39-20(8-7-11-35-33(34)49)28(45)38-19-10-9-18(14-50-31(48)16(3)4)12-21(19)51-32-26(44)24(42)25(43)27(52-32)30(47)36-13-22(40)41/h9-10,12,15-17,20,23-27,32,37,42-44H,7-8,11,13-14H2,1-6H3,(H,36,47)(H,38,45)(H,39,46)(H,40,41)(H3,34,35,49)/t20-,23-,24-,25-,26+,27-,32+/m1/s1. The van der Waals surface area contributed by atoms with Crippen molar-refractivity contribution in [2.45, 2.75) is 110 Å². The fourth-order valence-electron chi connectivity index (χ4n) is 4.93. The van der Waals surface area contributed by atoms with Gasteiger partial charge < -0.3 is 67.0 Å². The van der Waals surface area contributed by atoms with E-state index in [4.69, 9.17) is 25.1 Å². The first kappa shape index (κ1) is 43.6. The maximum Gasteiger partial charge on any atom is 0.322 e. The Hall–Kier alpha value is -4.56. The van der Waals surface area contributed by atoms with Crippen molar-refractivity contribution >= 4 is 41.4 Å². The van der Waals surface area contributed by atoms with Crippen LogP contribution >= 0.6 is 0 Å². The average molecular weight is 741 g/mol. The molecule has 1 aliphatic rings. The van der Waals surface area contributed by atoms with Crippen LogP contribution in [0.4, 0.5) is 10.5 Å². The molecule has 1 heterocycles. The number of rotatable bonds is 19. The van der Waals surface area contributed by atoms with E-state index in [2.05, 4.69) is 21.3 Å². The zero-order valence-electron chi connectivity index (χ0n) is 30.1. The quantitative estimate of drug-likeness (QED) is 0.0581. The fraction of sp³-hybridized carbons (Fsp3) is 0.636. The molecule has 19 heteroatoms. The molecule has 1 aromatic carbocycles. The van der Waals surface area contributed by atoms with Crippen LogP contribution in [0, 0.1) is 11.8 Å². The number of carboxylic acid groups (broad SMARTS) is 1. The van der Waals surface area contributed by atoms with Crippen molar-refractivity contribution in [2.24, 2.45) is 17.6 Å². The Kier molecular flexibility index (Phi) is 17.2. The van der Waals surface area contributed by atoms with E-state index in [1.54, 1.807) is 13.8 Å².